The van der Waals surface area contributed by atoms with Gasteiger partial charge in [0, 0.05) is 6.08 Å². The Bertz CT molecular complexity index is 519. The van der Waals surface area contributed by atoms with Crippen molar-refractivity contribution in [3.05, 3.63) is 29.8 Å². The van der Waals surface area contributed by atoms with Crippen molar-refractivity contribution in [1.82, 2.24) is 0 Å². The van der Waals surface area contributed by atoms with Gasteiger partial charge < -0.3 is 14.2 Å². The summed E-state index contributed by atoms with van der Waals surface area (Å²) >= 11 is 0. The zero-order chi connectivity index (χ0) is 19.7. The molecule has 4 nitrogen and oxygen atoms in total. The highest BCUT2D eigenvalue weighted by molar-refractivity contribution is 5.88. The summed E-state index contributed by atoms with van der Waals surface area (Å²) in [5.74, 6) is 1.14. The fraction of sp³-hybridized carbons (Fsp3) is 0.609. The highest BCUT2D eigenvalue weighted by atomic mass is 16.5. The van der Waals surface area contributed by atoms with Crippen molar-refractivity contribution in [1.29, 1.82) is 0 Å². The minimum atomic E-state index is -0.357. The van der Waals surface area contributed by atoms with Crippen LogP contribution in [0, 0.1) is 0 Å². The van der Waals surface area contributed by atoms with E-state index in [1.807, 2.05) is 18.2 Å². The molecule has 0 aliphatic carbocycles. The van der Waals surface area contributed by atoms with E-state index in [1.165, 1.54) is 31.8 Å². The summed E-state index contributed by atoms with van der Waals surface area (Å²) in [5, 5.41) is 0. The van der Waals surface area contributed by atoms with E-state index in [2.05, 4.69) is 13.8 Å². The first-order chi connectivity index (χ1) is 13.2. The van der Waals surface area contributed by atoms with Crippen LogP contribution in [0.15, 0.2) is 24.3 Å². The third kappa shape index (κ3) is 10.1. The van der Waals surface area contributed by atoms with Crippen LogP contribution in [0.1, 0.15) is 77.7 Å². The highest BCUT2D eigenvalue weighted by Crippen LogP contribution is 2.30. The number of carbonyl (C=O) groups is 1. The lowest BCUT2D eigenvalue weighted by Crippen LogP contribution is -2.03. The van der Waals surface area contributed by atoms with Crippen LogP contribution in [0.3, 0.4) is 0 Å². The summed E-state index contributed by atoms with van der Waals surface area (Å²) in [6, 6.07) is 5.79. The first-order valence-corrected chi connectivity index (χ1v) is 10.5. The van der Waals surface area contributed by atoms with Gasteiger partial charge in [0.2, 0.25) is 0 Å². The van der Waals surface area contributed by atoms with Gasteiger partial charge in [0.05, 0.1) is 25.4 Å². The van der Waals surface area contributed by atoms with E-state index in [-0.39, 0.29) is 5.97 Å². The predicted molar refractivity (Wildman–Crippen MR) is 111 cm³/mol. The second-order valence-corrected chi connectivity index (χ2v) is 6.57. The molecular formula is C23H36O4. The van der Waals surface area contributed by atoms with Gasteiger partial charge in [-0.1, -0.05) is 58.4 Å². The van der Waals surface area contributed by atoms with Crippen LogP contribution in [0.25, 0.3) is 6.08 Å². The average Bonchev–Trinajstić information content (AvgIpc) is 2.67. The molecule has 0 N–H and O–H groups in total. The lowest BCUT2D eigenvalue weighted by Gasteiger charge is -2.14. The molecule has 1 aromatic rings. The molecule has 4 heteroatoms. The van der Waals surface area contributed by atoms with Gasteiger partial charge in [0.1, 0.15) is 11.5 Å². The third-order valence-electron chi connectivity index (χ3n) is 4.21. The average molecular weight is 377 g/mol. The van der Waals surface area contributed by atoms with Crippen molar-refractivity contribution in [3.63, 3.8) is 0 Å². The summed E-state index contributed by atoms with van der Waals surface area (Å²) in [6.07, 6.45) is 12.4. The molecule has 0 saturated heterocycles. The van der Waals surface area contributed by atoms with E-state index < -0.39 is 0 Å². The number of unbranched alkanes of at least 4 members (excludes halogenated alkanes) is 6. The lowest BCUT2D eigenvalue weighted by molar-refractivity contribution is -0.137. The van der Waals surface area contributed by atoms with E-state index in [4.69, 9.17) is 14.2 Å². The fourth-order valence-electron chi connectivity index (χ4n) is 2.70. The first kappa shape index (κ1) is 23.1. The molecule has 1 aromatic carbocycles. The van der Waals surface area contributed by atoms with Gasteiger partial charge in [-0.05, 0) is 38.0 Å². The van der Waals surface area contributed by atoms with Gasteiger partial charge in [0.25, 0.3) is 0 Å². The van der Waals surface area contributed by atoms with Crippen molar-refractivity contribution < 1.29 is 19.0 Å². The van der Waals surface area contributed by atoms with Crippen LogP contribution < -0.4 is 9.47 Å². The number of esters is 1. The second kappa shape index (κ2) is 15.1. The van der Waals surface area contributed by atoms with Crippen molar-refractivity contribution in [2.75, 3.05) is 19.8 Å². The van der Waals surface area contributed by atoms with Crippen LogP contribution >= 0.6 is 0 Å². The summed E-state index contributed by atoms with van der Waals surface area (Å²) in [6.45, 7) is 7.88. The normalized spacial score (nSPS) is 10.9. The number of ether oxygens (including phenoxy) is 3. The van der Waals surface area contributed by atoms with Crippen LogP contribution in [0.4, 0.5) is 0 Å². The topological polar surface area (TPSA) is 44.8 Å². The predicted octanol–water partition coefficient (Wildman–Crippen LogP) is 6.18. The number of hydrogen-bond acceptors (Lipinski definition) is 4. The number of carbonyl (C=O) groups excluding carboxylic acids is 1. The van der Waals surface area contributed by atoms with E-state index in [9.17, 15) is 4.79 Å². The first-order valence-electron chi connectivity index (χ1n) is 10.5. The standard InChI is InChI=1S/C23H36O4/c1-4-7-9-11-18-26-21-14-13-15-22(27-19-12-10-8-5-2)20(21)16-17-23(24)25-6-3/h13-17H,4-12,18-19H2,1-3H3. The summed E-state index contributed by atoms with van der Waals surface area (Å²) in [7, 11) is 0. The van der Waals surface area contributed by atoms with Crippen molar-refractivity contribution >= 4 is 12.0 Å². The number of rotatable bonds is 15. The number of benzene rings is 1. The van der Waals surface area contributed by atoms with Crippen molar-refractivity contribution in [2.24, 2.45) is 0 Å². The molecule has 0 atom stereocenters. The Morgan fingerprint density at radius 1 is 0.852 bits per heavy atom. The Kier molecular flexibility index (Phi) is 12.9. The van der Waals surface area contributed by atoms with E-state index in [0.717, 1.165) is 42.7 Å². The summed E-state index contributed by atoms with van der Waals surface area (Å²) in [4.78, 5) is 11.7. The Balaban J connectivity index is 2.79. The molecule has 0 spiro atoms. The minimum Gasteiger partial charge on any atom is -0.493 e. The van der Waals surface area contributed by atoms with Crippen LogP contribution in [-0.4, -0.2) is 25.8 Å². The Labute approximate surface area is 164 Å². The van der Waals surface area contributed by atoms with Crippen LogP contribution in [0.2, 0.25) is 0 Å². The lowest BCUT2D eigenvalue weighted by atomic mass is 10.1. The molecule has 0 fully saturated rings. The maximum Gasteiger partial charge on any atom is 0.330 e. The van der Waals surface area contributed by atoms with Gasteiger partial charge in [-0.3, -0.25) is 0 Å². The van der Waals surface area contributed by atoms with Crippen LogP contribution in [0.5, 0.6) is 11.5 Å². The Morgan fingerprint density at radius 3 is 1.89 bits per heavy atom. The van der Waals surface area contributed by atoms with Gasteiger partial charge >= 0.3 is 5.97 Å². The van der Waals surface area contributed by atoms with Crippen molar-refractivity contribution in [2.45, 2.75) is 72.1 Å². The molecule has 0 aliphatic heterocycles. The zero-order valence-electron chi connectivity index (χ0n) is 17.3. The molecule has 152 valence electrons. The molecule has 0 aliphatic rings. The zero-order valence-corrected chi connectivity index (χ0v) is 17.3. The fourth-order valence-corrected chi connectivity index (χ4v) is 2.70. The largest absolute Gasteiger partial charge is 0.493 e. The van der Waals surface area contributed by atoms with Gasteiger partial charge in [0.15, 0.2) is 0 Å². The molecule has 27 heavy (non-hydrogen) atoms. The molecule has 0 radical (unpaired) electrons. The molecule has 0 aromatic heterocycles. The molecule has 0 unspecified atom stereocenters. The van der Waals surface area contributed by atoms with Crippen LogP contribution in [-0.2, 0) is 9.53 Å². The Hall–Kier alpha value is -1.97. The summed E-state index contributed by atoms with van der Waals surface area (Å²) in [5.41, 5.74) is 0.802. The molecule has 0 heterocycles. The maximum absolute atomic E-state index is 11.7. The Morgan fingerprint density at radius 2 is 1.41 bits per heavy atom. The quantitative estimate of drug-likeness (QED) is 0.208. The maximum atomic E-state index is 11.7. The smallest absolute Gasteiger partial charge is 0.330 e. The molecule has 0 bridgehead atoms. The highest BCUT2D eigenvalue weighted by Gasteiger charge is 2.09. The molecular weight excluding hydrogens is 340 g/mol. The van der Waals surface area contributed by atoms with Gasteiger partial charge in [-0.25, -0.2) is 4.79 Å². The van der Waals surface area contributed by atoms with E-state index in [1.54, 1.807) is 13.0 Å². The van der Waals surface area contributed by atoms with Gasteiger partial charge in [-0.2, -0.15) is 0 Å². The van der Waals surface area contributed by atoms with Gasteiger partial charge in [-0.15, -0.1) is 0 Å². The van der Waals surface area contributed by atoms with Crippen molar-refractivity contribution in [3.8, 4) is 11.5 Å². The third-order valence-corrected chi connectivity index (χ3v) is 4.21. The molecule has 0 saturated carbocycles. The molecule has 0 amide bonds. The van der Waals surface area contributed by atoms with E-state index >= 15 is 0 Å². The second-order valence-electron chi connectivity index (χ2n) is 6.57. The minimum absolute atomic E-state index is 0.357. The number of hydrogen-bond donors (Lipinski definition) is 0. The SMILES string of the molecule is CCCCCCOc1cccc(OCCCCCC)c1C=CC(=O)OCC. The molecule has 1 rings (SSSR count). The van der Waals surface area contributed by atoms with E-state index in [0.29, 0.717) is 19.8 Å². The summed E-state index contributed by atoms with van der Waals surface area (Å²) < 4.78 is 16.9. The monoisotopic (exact) mass is 376 g/mol.